The molecular weight excluding hydrogens is 412 g/mol. The molecule has 1 aliphatic rings. The maximum absolute atomic E-state index is 11.5. The standard InChI is InChI=1S/C19H28O8Si2/c1-6-28(5)23-13-18-12-17(9-10-19(18)27-28)8-7-11-29(24-14(2)20,25-15(3)21)26-16(4)22/h9-10,12H,6-8,11,13H2,1-5H3. The summed E-state index contributed by atoms with van der Waals surface area (Å²) in [6, 6.07) is 6.97. The van der Waals surface area contributed by atoms with Gasteiger partial charge in [0, 0.05) is 26.3 Å². The second kappa shape index (κ2) is 9.55. The molecule has 1 aromatic rings. The number of hydrogen-bond donors (Lipinski definition) is 0. The molecule has 0 saturated carbocycles. The van der Waals surface area contributed by atoms with Crippen molar-refractivity contribution < 1.29 is 36.5 Å². The van der Waals surface area contributed by atoms with Gasteiger partial charge in [-0.15, -0.1) is 0 Å². The van der Waals surface area contributed by atoms with Crippen LogP contribution in [0.3, 0.4) is 0 Å². The lowest BCUT2D eigenvalue weighted by Crippen LogP contribution is -2.49. The van der Waals surface area contributed by atoms with Crippen LogP contribution < -0.4 is 4.43 Å². The summed E-state index contributed by atoms with van der Waals surface area (Å²) in [7, 11) is -5.90. The topological polar surface area (TPSA) is 97.4 Å². The Balaban J connectivity index is 2.07. The van der Waals surface area contributed by atoms with Gasteiger partial charge in [0.15, 0.2) is 0 Å². The molecule has 0 spiro atoms. The number of hydrogen-bond acceptors (Lipinski definition) is 8. The minimum absolute atomic E-state index is 0.149. The smallest absolute Gasteiger partial charge is 0.520 e. The monoisotopic (exact) mass is 440 g/mol. The van der Waals surface area contributed by atoms with E-state index in [1.807, 2.05) is 24.7 Å². The van der Waals surface area contributed by atoms with E-state index in [0.717, 1.165) is 22.9 Å². The molecule has 1 unspecified atom stereocenters. The average molecular weight is 441 g/mol. The van der Waals surface area contributed by atoms with Crippen molar-refractivity contribution in [3.63, 3.8) is 0 Å². The summed E-state index contributed by atoms with van der Waals surface area (Å²) in [6.07, 6.45) is 1.12. The highest BCUT2D eigenvalue weighted by molar-refractivity contribution is 6.67. The maximum atomic E-state index is 11.5. The summed E-state index contributed by atoms with van der Waals surface area (Å²) in [6.45, 7) is 8.19. The molecule has 8 nitrogen and oxygen atoms in total. The molecule has 10 heteroatoms. The molecule has 1 aliphatic heterocycles. The van der Waals surface area contributed by atoms with Gasteiger partial charge in [-0.2, -0.15) is 0 Å². The van der Waals surface area contributed by atoms with Gasteiger partial charge in [-0.05, 0) is 43.1 Å². The van der Waals surface area contributed by atoms with Crippen molar-refractivity contribution in [2.45, 2.75) is 65.8 Å². The van der Waals surface area contributed by atoms with Gasteiger partial charge in [-0.25, -0.2) is 0 Å². The largest absolute Gasteiger partial charge is 0.705 e. The van der Waals surface area contributed by atoms with Crippen LogP contribution in [0.2, 0.25) is 18.6 Å². The predicted octanol–water partition coefficient (Wildman–Crippen LogP) is 3.25. The minimum atomic E-state index is -3.78. The van der Waals surface area contributed by atoms with Crippen LogP contribution in [0.25, 0.3) is 0 Å². The van der Waals surface area contributed by atoms with Gasteiger partial charge in [0.05, 0.1) is 12.7 Å². The van der Waals surface area contributed by atoms with Crippen LogP contribution in [0.4, 0.5) is 0 Å². The Bertz CT molecular complexity index is 741. The van der Waals surface area contributed by atoms with E-state index in [-0.39, 0.29) is 6.04 Å². The third-order valence-corrected chi connectivity index (χ3v) is 9.92. The van der Waals surface area contributed by atoms with E-state index in [0.29, 0.717) is 19.4 Å². The zero-order valence-corrected chi connectivity index (χ0v) is 19.5. The molecule has 0 N–H and O–H groups in total. The molecule has 0 radical (unpaired) electrons. The normalized spacial score (nSPS) is 18.2. The minimum Gasteiger partial charge on any atom is -0.520 e. The summed E-state index contributed by atoms with van der Waals surface area (Å²) in [5.41, 5.74) is 2.03. The summed E-state index contributed by atoms with van der Waals surface area (Å²) in [5.74, 6) is -1.12. The van der Waals surface area contributed by atoms with E-state index >= 15 is 0 Å². The molecule has 1 heterocycles. The number of benzene rings is 1. The number of aryl methyl sites for hydroxylation is 1. The molecule has 0 aromatic heterocycles. The van der Waals surface area contributed by atoms with Gasteiger partial charge < -0.3 is 22.1 Å². The third kappa shape index (κ3) is 6.69. The Kier molecular flexibility index (Phi) is 7.61. The fourth-order valence-corrected chi connectivity index (χ4v) is 6.94. The van der Waals surface area contributed by atoms with Crippen LogP contribution >= 0.6 is 0 Å². The zero-order chi connectivity index (χ0) is 21.7. The molecule has 160 valence electrons. The first-order valence-electron chi connectivity index (χ1n) is 9.60. The summed E-state index contributed by atoms with van der Waals surface area (Å²) in [4.78, 5) is 34.5. The molecule has 1 atom stereocenters. The average Bonchev–Trinajstić information content (AvgIpc) is 2.60. The van der Waals surface area contributed by atoms with E-state index in [1.54, 1.807) is 0 Å². The second-order valence-electron chi connectivity index (χ2n) is 7.14. The fourth-order valence-electron chi connectivity index (χ4n) is 3.05. The van der Waals surface area contributed by atoms with Gasteiger partial charge in [0.25, 0.3) is 17.9 Å². The van der Waals surface area contributed by atoms with Crippen LogP contribution in [0.15, 0.2) is 18.2 Å². The molecule has 1 aromatic carbocycles. The van der Waals surface area contributed by atoms with E-state index in [9.17, 15) is 14.4 Å². The Morgan fingerprint density at radius 3 is 2.17 bits per heavy atom. The molecule has 0 aliphatic carbocycles. The maximum Gasteiger partial charge on any atom is 0.705 e. The van der Waals surface area contributed by atoms with Crippen LogP contribution in [-0.4, -0.2) is 35.3 Å². The predicted molar refractivity (Wildman–Crippen MR) is 108 cm³/mol. The first-order valence-corrected chi connectivity index (χ1v) is 14.1. The molecular formula is C19H28O8Si2. The fraction of sp³-hybridized carbons (Fsp3) is 0.526. The van der Waals surface area contributed by atoms with Crippen LogP contribution in [0.1, 0.15) is 45.2 Å². The van der Waals surface area contributed by atoms with E-state index in [2.05, 4.69) is 6.92 Å². The zero-order valence-electron chi connectivity index (χ0n) is 17.5. The lowest BCUT2D eigenvalue weighted by atomic mass is 10.1. The lowest BCUT2D eigenvalue weighted by Gasteiger charge is -2.32. The molecule has 2 rings (SSSR count). The summed E-state index contributed by atoms with van der Waals surface area (Å²) < 4.78 is 27.6. The van der Waals surface area contributed by atoms with Crippen molar-refractivity contribution in [1.29, 1.82) is 0 Å². The van der Waals surface area contributed by atoms with Gasteiger partial charge in [-0.1, -0.05) is 13.0 Å². The molecule has 0 saturated heterocycles. The van der Waals surface area contributed by atoms with E-state index < -0.39 is 35.3 Å². The van der Waals surface area contributed by atoms with Gasteiger partial charge >= 0.3 is 17.4 Å². The highest BCUT2D eigenvalue weighted by Crippen LogP contribution is 2.32. The SMILES string of the molecule is CC[Si]1(C)OCc2cc(CCC[Si](OC(C)=O)(OC(C)=O)OC(C)=O)ccc2O1. The van der Waals surface area contributed by atoms with Crippen molar-refractivity contribution in [2.75, 3.05) is 0 Å². The Hall–Kier alpha value is -2.18. The quantitative estimate of drug-likeness (QED) is 0.568. The van der Waals surface area contributed by atoms with Crippen LogP contribution in [0.5, 0.6) is 5.75 Å². The van der Waals surface area contributed by atoms with Gasteiger partial charge in [0.2, 0.25) is 0 Å². The Morgan fingerprint density at radius 2 is 1.66 bits per heavy atom. The first-order chi connectivity index (χ1) is 13.6. The van der Waals surface area contributed by atoms with Crippen LogP contribution in [0, 0.1) is 0 Å². The number of rotatable bonds is 8. The van der Waals surface area contributed by atoms with Crippen molar-refractivity contribution in [2.24, 2.45) is 0 Å². The van der Waals surface area contributed by atoms with Crippen molar-refractivity contribution in [3.8, 4) is 5.75 Å². The van der Waals surface area contributed by atoms with Crippen molar-refractivity contribution in [3.05, 3.63) is 29.3 Å². The molecule has 0 bridgehead atoms. The van der Waals surface area contributed by atoms with Gasteiger partial charge in [-0.3, -0.25) is 14.4 Å². The van der Waals surface area contributed by atoms with Gasteiger partial charge in [0.1, 0.15) is 5.75 Å². The Morgan fingerprint density at radius 1 is 1.07 bits per heavy atom. The Labute approximate surface area is 173 Å². The van der Waals surface area contributed by atoms with E-state index in [1.165, 1.54) is 20.8 Å². The van der Waals surface area contributed by atoms with Crippen molar-refractivity contribution in [1.82, 2.24) is 0 Å². The molecule has 0 fully saturated rings. The van der Waals surface area contributed by atoms with Crippen molar-refractivity contribution >= 4 is 35.3 Å². The molecule has 0 amide bonds. The summed E-state index contributed by atoms with van der Waals surface area (Å²) in [5, 5.41) is 0. The highest BCUT2D eigenvalue weighted by Gasteiger charge is 2.51. The first kappa shape index (κ1) is 23.1. The molecule has 29 heavy (non-hydrogen) atoms. The number of carbonyl (C=O) groups is 3. The van der Waals surface area contributed by atoms with Crippen LogP contribution in [-0.2, 0) is 45.1 Å². The number of carbonyl (C=O) groups excluding carboxylic acids is 3. The highest BCUT2D eigenvalue weighted by atomic mass is 28.4. The van der Waals surface area contributed by atoms with E-state index in [4.69, 9.17) is 22.1 Å². The lowest BCUT2D eigenvalue weighted by molar-refractivity contribution is -0.147. The third-order valence-electron chi connectivity index (χ3n) is 4.47. The second-order valence-corrected chi connectivity index (χ2v) is 13.1. The number of fused-ring (bicyclic) bond motifs is 1. The summed E-state index contributed by atoms with van der Waals surface area (Å²) >= 11 is 0.